The third kappa shape index (κ3) is 6.09. The average Bonchev–Trinajstić information content (AvgIpc) is 3.53. The van der Waals surface area contributed by atoms with E-state index in [2.05, 4.69) is 81.3 Å². The topological polar surface area (TPSA) is 52.1 Å². The fourth-order valence-electron chi connectivity index (χ4n) is 3.99. The minimum atomic E-state index is 0.334. The Kier molecular flexibility index (Phi) is 7.98. The van der Waals surface area contributed by atoms with Crippen LogP contribution in [0.5, 0.6) is 0 Å². The predicted molar refractivity (Wildman–Crippen MR) is 130 cm³/mol. The van der Waals surface area contributed by atoms with Crippen LogP contribution in [0, 0.1) is 0 Å². The van der Waals surface area contributed by atoms with Crippen LogP contribution in [0.15, 0.2) is 58.9 Å². The largest absolute Gasteiger partial charge is 0.379 e. The molecule has 4 rings (SSSR count). The molecule has 2 aliphatic heterocycles. The maximum atomic E-state index is 5.56. The van der Waals surface area contributed by atoms with E-state index in [1.54, 1.807) is 0 Å². The van der Waals surface area contributed by atoms with Crippen LogP contribution in [0.3, 0.4) is 0 Å². The van der Waals surface area contributed by atoms with Gasteiger partial charge >= 0.3 is 0 Å². The van der Waals surface area contributed by atoms with Crippen LogP contribution in [0.1, 0.15) is 23.4 Å². The highest BCUT2D eigenvalue weighted by molar-refractivity contribution is 7.10. The minimum Gasteiger partial charge on any atom is -0.379 e. The molecule has 0 amide bonds. The molecule has 0 aliphatic carbocycles. The van der Waals surface area contributed by atoms with Gasteiger partial charge in [0.05, 0.1) is 25.8 Å². The molecule has 1 saturated heterocycles. The molecule has 0 spiro atoms. The summed E-state index contributed by atoms with van der Waals surface area (Å²) in [6.07, 6.45) is 4.43. The molecule has 0 radical (unpaired) electrons. The number of morpholine rings is 1. The van der Waals surface area contributed by atoms with Gasteiger partial charge in [-0.3, -0.25) is 4.90 Å². The van der Waals surface area contributed by atoms with Gasteiger partial charge in [0.1, 0.15) is 0 Å². The first-order valence-corrected chi connectivity index (χ1v) is 12.1. The van der Waals surface area contributed by atoms with Gasteiger partial charge in [-0.2, -0.15) is 0 Å². The molecule has 1 aromatic carbocycles. The van der Waals surface area contributed by atoms with Crippen molar-refractivity contribution in [1.29, 1.82) is 0 Å². The summed E-state index contributed by atoms with van der Waals surface area (Å²) in [5, 5.41) is 9.13. The van der Waals surface area contributed by atoms with Crippen LogP contribution in [0.25, 0.3) is 0 Å². The molecule has 1 atom stereocenters. The van der Waals surface area contributed by atoms with Crippen LogP contribution < -0.4 is 15.5 Å². The molecule has 2 N–H and O–H groups in total. The number of nitrogens with zero attached hydrogens (tertiary/aromatic N) is 3. The van der Waals surface area contributed by atoms with Gasteiger partial charge in [-0.25, -0.2) is 4.99 Å². The van der Waals surface area contributed by atoms with Crippen molar-refractivity contribution in [2.24, 2.45) is 4.99 Å². The van der Waals surface area contributed by atoms with Crippen molar-refractivity contribution in [3.63, 3.8) is 0 Å². The minimum absolute atomic E-state index is 0.334. The Balaban J connectivity index is 1.37. The lowest BCUT2D eigenvalue weighted by Gasteiger charge is -2.34. The molecular formula is C24H33N5OS. The zero-order valence-electron chi connectivity index (χ0n) is 18.3. The smallest absolute Gasteiger partial charge is 0.191 e. The zero-order chi connectivity index (χ0) is 21.3. The number of nitrogens with one attached hydrogen (secondary N) is 2. The molecule has 1 fully saturated rings. The number of guanidine groups is 1. The first-order chi connectivity index (χ1) is 15.3. The van der Waals surface area contributed by atoms with E-state index in [9.17, 15) is 0 Å². The maximum Gasteiger partial charge on any atom is 0.191 e. The van der Waals surface area contributed by atoms with Crippen LogP contribution in [-0.4, -0.2) is 63.3 Å². The van der Waals surface area contributed by atoms with Crippen molar-refractivity contribution >= 4 is 23.0 Å². The molecule has 1 aromatic heterocycles. The quantitative estimate of drug-likeness (QED) is 0.376. The fraction of sp³-hybridized carbons (Fsp3) is 0.458. The van der Waals surface area contributed by atoms with Gasteiger partial charge in [0.25, 0.3) is 0 Å². The Hall–Kier alpha value is -2.35. The van der Waals surface area contributed by atoms with Gasteiger partial charge < -0.3 is 20.3 Å². The number of ether oxygens (including phenoxy) is 1. The summed E-state index contributed by atoms with van der Waals surface area (Å²) in [6, 6.07) is 13.5. The number of rotatable bonds is 8. The first-order valence-electron chi connectivity index (χ1n) is 11.2. The summed E-state index contributed by atoms with van der Waals surface area (Å²) in [5.41, 5.74) is 2.49. The van der Waals surface area contributed by atoms with E-state index in [4.69, 9.17) is 9.73 Å². The van der Waals surface area contributed by atoms with E-state index in [1.165, 1.54) is 16.1 Å². The third-order valence-corrected chi connectivity index (χ3v) is 6.68. The standard InChI is InChI=1S/C24H33N5OS/c1-2-25-24(26-18-20-7-9-21(10-8-20)28-11-3-4-12-28)27-19-22(23-6-5-17-31-23)29-13-15-30-16-14-29/h3-10,17,22H,2,11-16,18-19H2,1H3,(H2,25,26,27). The summed E-state index contributed by atoms with van der Waals surface area (Å²) in [7, 11) is 0. The summed E-state index contributed by atoms with van der Waals surface area (Å²) in [6.45, 7) is 9.98. The van der Waals surface area contributed by atoms with E-state index in [-0.39, 0.29) is 0 Å². The average molecular weight is 440 g/mol. The van der Waals surface area contributed by atoms with E-state index in [0.717, 1.165) is 58.4 Å². The Bertz CT molecular complexity index is 835. The molecule has 31 heavy (non-hydrogen) atoms. The second kappa shape index (κ2) is 11.3. The highest BCUT2D eigenvalue weighted by Crippen LogP contribution is 2.25. The molecule has 7 heteroatoms. The fourth-order valence-corrected chi connectivity index (χ4v) is 4.85. The molecular weight excluding hydrogens is 406 g/mol. The number of hydrogen-bond donors (Lipinski definition) is 2. The second-order valence-electron chi connectivity index (χ2n) is 7.80. The summed E-state index contributed by atoms with van der Waals surface area (Å²) in [5.74, 6) is 0.866. The molecule has 0 saturated carbocycles. The number of aliphatic imine (C=N–C) groups is 1. The Morgan fingerprint density at radius 1 is 1.10 bits per heavy atom. The van der Waals surface area contributed by atoms with Crippen LogP contribution in [-0.2, 0) is 11.3 Å². The van der Waals surface area contributed by atoms with Gasteiger partial charge in [0.2, 0.25) is 0 Å². The van der Waals surface area contributed by atoms with Crippen LogP contribution in [0.4, 0.5) is 5.69 Å². The monoisotopic (exact) mass is 439 g/mol. The van der Waals surface area contributed by atoms with Gasteiger partial charge in [-0.15, -0.1) is 11.3 Å². The van der Waals surface area contributed by atoms with Crippen molar-refractivity contribution < 1.29 is 4.74 Å². The summed E-state index contributed by atoms with van der Waals surface area (Å²) in [4.78, 5) is 11.1. The van der Waals surface area contributed by atoms with E-state index in [1.807, 2.05) is 11.3 Å². The van der Waals surface area contributed by atoms with Gasteiger partial charge in [-0.1, -0.05) is 30.4 Å². The van der Waals surface area contributed by atoms with Crippen LogP contribution in [0.2, 0.25) is 0 Å². The summed E-state index contributed by atoms with van der Waals surface area (Å²) < 4.78 is 5.56. The van der Waals surface area contributed by atoms with Crippen molar-refractivity contribution in [2.75, 3.05) is 57.4 Å². The third-order valence-electron chi connectivity index (χ3n) is 5.70. The lowest BCUT2D eigenvalue weighted by molar-refractivity contribution is 0.0177. The van der Waals surface area contributed by atoms with Gasteiger partial charge in [0.15, 0.2) is 5.96 Å². The zero-order valence-corrected chi connectivity index (χ0v) is 19.1. The highest BCUT2D eigenvalue weighted by Gasteiger charge is 2.23. The Morgan fingerprint density at radius 3 is 2.55 bits per heavy atom. The molecule has 3 heterocycles. The molecule has 1 unspecified atom stereocenters. The van der Waals surface area contributed by atoms with Crippen molar-refractivity contribution in [1.82, 2.24) is 15.5 Å². The molecule has 2 aromatic rings. The summed E-state index contributed by atoms with van der Waals surface area (Å²) >= 11 is 1.82. The molecule has 2 aliphatic rings. The van der Waals surface area contributed by atoms with Crippen molar-refractivity contribution in [3.05, 3.63) is 64.4 Å². The maximum absolute atomic E-state index is 5.56. The Morgan fingerprint density at radius 2 is 1.87 bits per heavy atom. The lowest BCUT2D eigenvalue weighted by atomic mass is 10.2. The van der Waals surface area contributed by atoms with Gasteiger partial charge in [0, 0.05) is 49.8 Å². The van der Waals surface area contributed by atoms with E-state index < -0.39 is 0 Å². The number of benzene rings is 1. The molecule has 166 valence electrons. The number of thiophene rings is 1. The van der Waals surface area contributed by atoms with Crippen LogP contribution >= 0.6 is 11.3 Å². The molecule has 0 bridgehead atoms. The predicted octanol–water partition coefficient (Wildman–Crippen LogP) is 3.25. The molecule has 6 nitrogen and oxygen atoms in total. The number of anilines is 1. The van der Waals surface area contributed by atoms with E-state index in [0.29, 0.717) is 12.6 Å². The SMILES string of the molecule is CCNC(=NCc1ccc(N2CC=CC2)cc1)NCC(c1cccs1)N1CCOCC1. The Labute approximate surface area is 189 Å². The number of hydrogen-bond acceptors (Lipinski definition) is 5. The first kappa shape index (κ1) is 21.9. The van der Waals surface area contributed by atoms with Crippen molar-refractivity contribution in [3.8, 4) is 0 Å². The van der Waals surface area contributed by atoms with Crippen molar-refractivity contribution in [2.45, 2.75) is 19.5 Å². The highest BCUT2D eigenvalue weighted by atomic mass is 32.1. The second-order valence-corrected chi connectivity index (χ2v) is 8.78. The van der Waals surface area contributed by atoms with E-state index >= 15 is 0 Å². The normalized spacial score (nSPS) is 18.4. The van der Waals surface area contributed by atoms with Gasteiger partial charge in [-0.05, 0) is 36.1 Å². The lowest BCUT2D eigenvalue weighted by Crippen LogP contribution is -2.46.